The average Bonchev–Trinajstić information content (AvgIpc) is 2.57. The Balaban J connectivity index is 2.46. The minimum Gasteiger partial charge on any atom is -0.279 e. The monoisotopic (exact) mass is 357 g/mol. The van der Waals surface area contributed by atoms with Crippen molar-refractivity contribution in [3.8, 4) is 0 Å². The highest BCUT2D eigenvalue weighted by atomic mass is 79.9. The second kappa shape index (κ2) is 5.21. The molecule has 0 saturated carbocycles. The van der Waals surface area contributed by atoms with Gasteiger partial charge in [-0.3, -0.25) is 9.40 Å². The average molecular weight is 358 g/mol. The zero-order chi connectivity index (χ0) is 15.1. The fraction of sp³-hybridized carbons (Fsp3) is 0.308. The third-order valence-corrected chi connectivity index (χ3v) is 5.25. The third kappa shape index (κ3) is 2.73. The van der Waals surface area contributed by atoms with E-state index in [4.69, 9.17) is 0 Å². The summed E-state index contributed by atoms with van der Waals surface area (Å²) in [5, 5.41) is 4.15. The standard InChI is InChI=1S/C13H16BrN3O2S/c1-8-7-11(14)5-6-12(8)16-20(18,19)13-9(2)15-17(4)10(13)3/h5-7,16H,1-4H3. The van der Waals surface area contributed by atoms with Gasteiger partial charge in [-0.05, 0) is 44.5 Å². The summed E-state index contributed by atoms with van der Waals surface area (Å²) in [4.78, 5) is 0.238. The summed E-state index contributed by atoms with van der Waals surface area (Å²) in [6.45, 7) is 5.28. The minimum atomic E-state index is -3.64. The Hall–Kier alpha value is -1.34. The maximum atomic E-state index is 12.5. The van der Waals surface area contributed by atoms with Gasteiger partial charge >= 0.3 is 0 Å². The van der Waals surface area contributed by atoms with E-state index in [-0.39, 0.29) is 4.90 Å². The molecule has 1 aromatic carbocycles. The molecule has 0 spiro atoms. The van der Waals surface area contributed by atoms with Gasteiger partial charge < -0.3 is 0 Å². The number of anilines is 1. The van der Waals surface area contributed by atoms with Gasteiger partial charge in [0, 0.05) is 11.5 Å². The highest BCUT2D eigenvalue weighted by Crippen LogP contribution is 2.25. The first kappa shape index (κ1) is 15.1. The summed E-state index contributed by atoms with van der Waals surface area (Å²) < 4.78 is 30.1. The summed E-state index contributed by atoms with van der Waals surface area (Å²) in [5.41, 5.74) is 2.52. The van der Waals surface area contributed by atoms with Crippen molar-refractivity contribution in [2.24, 2.45) is 7.05 Å². The van der Waals surface area contributed by atoms with Crippen molar-refractivity contribution < 1.29 is 8.42 Å². The van der Waals surface area contributed by atoms with E-state index in [0.29, 0.717) is 17.1 Å². The van der Waals surface area contributed by atoms with Gasteiger partial charge in [0.15, 0.2) is 0 Å². The van der Waals surface area contributed by atoms with E-state index in [1.807, 2.05) is 13.0 Å². The van der Waals surface area contributed by atoms with Crippen LogP contribution in [0.2, 0.25) is 0 Å². The van der Waals surface area contributed by atoms with Crippen LogP contribution in [0.5, 0.6) is 0 Å². The van der Waals surface area contributed by atoms with E-state index in [2.05, 4.69) is 25.8 Å². The van der Waals surface area contributed by atoms with Crippen LogP contribution in [0, 0.1) is 20.8 Å². The topological polar surface area (TPSA) is 64.0 Å². The molecule has 0 unspecified atom stereocenters. The van der Waals surface area contributed by atoms with Gasteiger partial charge in [0.1, 0.15) is 4.90 Å². The zero-order valence-electron chi connectivity index (χ0n) is 11.7. The molecular weight excluding hydrogens is 342 g/mol. The molecule has 0 saturated heterocycles. The fourth-order valence-electron chi connectivity index (χ4n) is 2.08. The second-order valence-electron chi connectivity index (χ2n) is 4.69. The van der Waals surface area contributed by atoms with E-state index in [9.17, 15) is 8.42 Å². The number of aryl methyl sites for hydroxylation is 3. The molecule has 0 aliphatic carbocycles. The first-order chi connectivity index (χ1) is 9.22. The molecule has 0 fully saturated rings. The van der Waals surface area contributed by atoms with Gasteiger partial charge in [0.2, 0.25) is 0 Å². The van der Waals surface area contributed by atoms with E-state index in [1.165, 1.54) is 0 Å². The lowest BCUT2D eigenvalue weighted by Gasteiger charge is -2.11. The molecule has 0 bridgehead atoms. The first-order valence-corrected chi connectivity index (χ1v) is 8.29. The number of sulfonamides is 1. The predicted octanol–water partition coefficient (Wildman–Crippen LogP) is 2.91. The highest BCUT2D eigenvalue weighted by molar-refractivity contribution is 9.10. The summed E-state index contributed by atoms with van der Waals surface area (Å²) in [5.74, 6) is 0. The summed E-state index contributed by atoms with van der Waals surface area (Å²) in [6.07, 6.45) is 0. The van der Waals surface area contributed by atoms with Crippen molar-refractivity contribution in [1.29, 1.82) is 0 Å². The van der Waals surface area contributed by atoms with E-state index in [1.54, 1.807) is 37.7 Å². The van der Waals surface area contributed by atoms with Crippen LogP contribution in [0.1, 0.15) is 17.0 Å². The van der Waals surface area contributed by atoms with Gasteiger partial charge in [-0.2, -0.15) is 5.10 Å². The van der Waals surface area contributed by atoms with Gasteiger partial charge in [0.25, 0.3) is 10.0 Å². The SMILES string of the molecule is Cc1cc(Br)ccc1NS(=O)(=O)c1c(C)nn(C)c1C. The van der Waals surface area contributed by atoms with Crippen LogP contribution in [0.15, 0.2) is 27.6 Å². The summed E-state index contributed by atoms with van der Waals surface area (Å²) in [7, 11) is -1.91. The molecule has 7 heteroatoms. The molecule has 0 atom stereocenters. The lowest BCUT2D eigenvalue weighted by Crippen LogP contribution is -2.15. The van der Waals surface area contributed by atoms with Crippen LogP contribution in [-0.2, 0) is 17.1 Å². The third-order valence-electron chi connectivity index (χ3n) is 3.14. The smallest absolute Gasteiger partial charge is 0.265 e. The molecule has 0 radical (unpaired) electrons. The number of benzene rings is 1. The summed E-state index contributed by atoms with van der Waals surface area (Å²) >= 11 is 3.36. The molecule has 20 heavy (non-hydrogen) atoms. The maximum absolute atomic E-state index is 12.5. The number of rotatable bonds is 3. The Labute approximate surface area is 127 Å². The van der Waals surface area contributed by atoms with Crippen LogP contribution >= 0.6 is 15.9 Å². The molecule has 5 nitrogen and oxygen atoms in total. The Bertz CT molecular complexity index is 766. The Morgan fingerprint density at radius 3 is 2.40 bits per heavy atom. The molecule has 1 heterocycles. The Kier molecular flexibility index (Phi) is 3.93. The molecule has 108 valence electrons. The molecule has 0 aliphatic heterocycles. The van der Waals surface area contributed by atoms with Crippen molar-refractivity contribution >= 4 is 31.6 Å². The van der Waals surface area contributed by atoms with Crippen LogP contribution in [0.3, 0.4) is 0 Å². The highest BCUT2D eigenvalue weighted by Gasteiger charge is 2.24. The molecule has 0 amide bonds. The number of nitrogens with one attached hydrogen (secondary N) is 1. The van der Waals surface area contributed by atoms with Crippen LogP contribution in [0.4, 0.5) is 5.69 Å². The van der Waals surface area contributed by atoms with Crippen molar-refractivity contribution in [1.82, 2.24) is 9.78 Å². The number of hydrogen-bond donors (Lipinski definition) is 1. The van der Waals surface area contributed by atoms with Gasteiger partial charge in [-0.25, -0.2) is 8.42 Å². The normalized spacial score (nSPS) is 11.7. The van der Waals surface area contributed by atoms with E-state index in [0.717, 1.165) is 10.0 Å². The van der Waals surface area contributed by atoms with Crippen molar-refractivity contribution in [2.45, 2.75) is 25.7 Å². The maximum Gasteiger partial charge on any atom is 0.265 e. The van der Waals surface area contributed by atoms with Crippen LogP contribution in [0.25, 0.3) is 0 Å². The lowest BCUT2D eigenvalue weighted by molar-refractivity contribution is 0.599. The quantitative estimate of drug-likeness (QED) is 0.918. The molecular formula is C13H16BrN3O2S. The van der Waals surface area contributed by atoms with Gasteiger partial charge in [-0.1, -0.05) is 15.9 Å². The molecule has 2 aromatic rings. The Morgan fingerprint density at radius 2 is 1.90 bits per heavy atom. The van der Waals surface area contributed by atoms with Gasteiger partial charge in [-0.15, -0.1) is 0 Å². The van der Waals surface area contributed by atoms with Crippen LogP contribution in [-0.4, -0.2) is 18.2 Å². The predicted molar refractivity (Wildman–Crippen MR) is 82.4 cm³/mol. The van der Waals surface area contributed by atoms with Crippen molar-refractivity contribution in [3.63, 3.8) is 0 Å². The minimum absolute atomic E-state index is 0.238. The fourth-order valence-corrected chi connectivity index (χ4v) is 4.13. The Morgan fingerprint density at radius 1 is 1.25 bits per heavy atom. The second-order valence-corrected chi connectivity index (χ2v) is 7.22. The van der Waals surface area contributed by atoms with Crippen LogP contribution < -0.4 is 4.72 Å². The summed E-state index contributed by atoms with van der Waals surface area (Å²) in [6, 6.07) is 5.40. The first-order valence-electron chi connectivity index (χ1n) is 6.01. The van der Waals surface area contributed by atoms with Crippen molar-refractivity contribution in [3.05, 3.63) is 39.6 Å². The van der Waals surface area contributed by atoms with Crippen molar-refractivity contribution in [2.75, 3.05) is 4.72 Å². The van der Waals surface area contributed by atoms with Gasteiger partial charge in [0.05, 0.1) is 17.1 Å². The van der Waals surface area contributed by atoms with E-state index >= 15 is 0 Å². The number of aromatic nitrogens is 2. The molecule has 1 N–H and O–H groups in total. The zero-order valence-corrected chi connectivity index (χ0v) is 14.1. The number of hydrogen-bond acceptors (Lipinski definition) is 3. The molecule has 2 rings (SSSR count). The number of halogens is 1. The van der Waals surface area contributed by atoms with E-state index < -0.39 is 10.0 Å². The molecule has 1 aromatic heterocycles. The largest absolute Gasteiger partial charge is 0.279 e. The number of nitrogens with zero attached hydrogens (tertiary/aromatic N) is 2. The molecule has 0 aliphatic rings. The lowest BCUT2D eigenvalue weighted by atomic mass is 10.2.